The molecule has 0 radical (unpaired) electrons. The van der Waals surface area contributed by atoms with E-state index >= 15 is 0 Å². The van der Waals surface area contributed by atoms with E-state index in [9.17, 15) is 13.5 Å². The van der Waals surface area contributed by atoms with Crippen molar-refractivity contribution in [3.63, 3.8) is 0 Å². The van der Waals surface area contributed by atoms with E-state index < -0.39 is 10.0 Å². The van der Waals surface area contributed by atoms with Crippen LogP contribution in [0.25, 0.3) is 0 Å². The summed E-state index contributed by atoms with van der Waals surface area (Å²) in [5, 5.41) is 9.27. The second-order valence-electron chi connectivity index (χ2n) is 5.27. The molecule has 5 nitrogen and oxygen atoms in total. The second kappa shape index (κ2) is 6.11. The third kappa shape index (κ3) is 3.13. The van der Waals surface area contributed by atoms with E-state index in [0.29, 0.717) is 17.2 Å². The van der Waals surface area contributed by atoms with Crippen molar-refractivity contribution in [3.05, 3.63) is 23.8 Å². The molecule has 2 rings (SSSR count). The van der Waals surface area contributed by atoms with E-state index in [4.69, 9.17) is 4.74 Å². The maximum absolute atomic E-state index is 12.4. The molecule has 2 N–H and O–H groups in total. The van der Waals surface area contributed by atoms with Crippen LogP contribution in [0, 0.1) is 5.92 Å². The van der Waals surface area contributed by atoms with Gasteiger partial charge in [0.2, 0.25) is 10.0 Å². The summed E-state index contributed by atoms with van der Waals surface area (Å²) < 4.78 is 32.6. The zero-order chi connectivity index (χ0) is 14.8. The molecule has 1 aromatic rings. The number of nitrogens with one attached hydrogen (secondary N) is 1. The van der Waals surface area contributed by atoms with Crippen LogP contribution in [-0.4, -0.2) is 26.7 Å². The summed E-state index contributed by atoms with van der Waals surface area (Å²) >= 11 is 0. The Balaban J connectivity index is 2.25. The molecule has 6 heteroatoms. The van der Waals surface area contributed by atoms with Gasteiger partial charge in [0, 0.05) is 11.6 Å². The van der Waals surface area contributed by atoms with Gasteiger partial charge in [-0.3, -0.25) is 0 Å². The summed E-state index contributed by atoms with van der Waals surface area (Å²) in [4.78, 5) is 0.168. The Kier molecular flexibility index (Phi) is 4.67. The van der Waals surface area contributed by atoms with Crippen LogP contribution in [0.15, 0.2) is 23.1 Å². The fraction of sp³-hybridized carbons (Fsp3) is 0.571. The molecule has 2 unspecified atom stereocenters. The fourth-order valence-electron chi connectivity index (χ4n) is 2.63. The van der Waals surface area contributed by atoms with Gasteiger partial charge < -0.3 is 9.84 Å². The summed E-state index contributed by atoms with van der Waals surface area (Å²) in [6, 6.07) is 4.53. The molecule has 0 aromatic heterocycles. The minimum atomic E-state index is -3.55. The number of sulfonamides is 1. The lowest BCUT2D eigenvalue weighted by Gasteiger charge is -2.18. The molecule has 1 saturated carbocycles. The van der Waals surface area contributed by atoms with Crippen LogP contribution < -0.4 is 9.46 Å². The largest absolute Gasteiger partial charge is 0.496 e. The maximum atomic E-state index is 12.4. The average Bonchev–Trinajstić information content (AvgIpc) is 2.82. The smallest absolute Gasteiger partial charge is 0.240 e. The van der Waals surface area contributed by atoms with Crippen molar-refractivity contribution in [1.82, 2.24) is 4.72 Å². The first-order chi connectivity index (χ1) is 9.47. The molecule has 0 saturated heterocycles. The monoisotopic (exact) mass is 299 g/mol. The van der Waals surface area contributed by atoms with Gasteiger partial charge in [0.05, 0.1) is 18.6 Å². The van der Waals surface area contributed by atoms with Crippen molar-refractivity contribution in [3.8, 4) is 5.75 Å². The molecule has 112 valence electrons. The van der Waals surface area contributed by atoms with Crippen LogP contribution in [0.4, 0.5) is 0 Å². The van der Waals surface area contributed by atoms with Crippen LogP contribution in [-0.2, 0) is 16.6 Å². The van der Waals surface area contributed by atoms with Gasteiger partial charge in [-0.25, -0.2) is 13.1 Å². The molecular formula is C14H21NO4S. The van der Waals surface area contributed by atoms with E-state index in [2.05, 4.69) is 11.6 Å². The lowest BCUT2D eigenvalue weighted by Crippen LogP contribution is -2.36. The first-order valence-corrected chi connectivity index (χ1v) is 8.26. The Morgan fingerprint density at radius 3 is 2.70 bits per heavy atom. The van der Waals surface area contributed by atoms with Crippen molar-refractivity contribution in [2.24, 2.45) is 5.92 Å². The molecule has 1 aliphatic carbocycles. The van der Waals surface area contributed by atoms with Gasteiger partial charge in [-0.2, -0.15) is 0 Å². The number of aliphatic hydroxyl groups is 1. The Labute approximate surface area is 120 Å². The van der Waals surface area contributed by atoms with Crippen LogP contribution >= 0.6 is 0 Å². The Morgan fingerprint density at radius 2 is 2.15 bits per heavy atom. The summed E-state index contributed by atoms with van der Waals surface area (Å²) in [5.41, 5.74) is 0.467. The Hall–Kier alpha value is -1.11. The van der Waals surface area contributed by atoms with E-state index in [-0.39, 0.29) is 17.5 Å². The normalized spacial score (nSPS) is 22.9. The van der Waals surface area contributed by atoms with E-state index in [0.717, 1.165) is 19.3 Å². The van der Waals surface area contributed by atoms with Crippen molar-refractivity contribution in [2.75, 3.05) is 7.11 Å². The molecule has 0 amide bonds. The molecule has 0 bridgehead atoms. The van der Waals surface area contributed by atoms with E-state index in [1.54, 1.807) is 6.07 Å². The first-order valence-electron chi connectivity index (χ1n) is 6.78. The summed E-state index contributed by atoms with van der Waals surface area (Å²) in [6.07, 6.45) is 2.99. The Bertz CT molecular complexity index is 571. The van der Waals surface area contributed by atoms with Crippen LogP contribution in [0.5, 0.6) is 5.75 Å². The molecule has 0 spiro atoms. The van der Waals surface area contributed by atoms with E-state index in [1.165, 1.54) is 19.2 Å². The third-order valence-corrected chi connectivity index (χ3v) is 5.39. The molecule has 0 aliphatic heterocycles. The minimum absolute atomic E-state index is 0.000298. The minimum Gasteiger partial charge on any atom is -0.496 e. The topological polar surface area (TPSA) is 75.6 Å². The highest BCUT2D eigenvalue weighted by atomic mass is 32.2. The average molecular weight is 299 g/mol. The number of rotatable bonds is 5. The maximum Gasteiger partial charge on any atom is 0.240 e. The molecule has 20 heavy (non-hydrogen) atoms. The number of ether oxygens (including phenoxy) is 1. The molecule has 2 atom stereocenters. The highest BCUT2D eigenvalue weighted by Gasteiger charge is 2.28. The van der Waals surface area contributed by atoms with Gasteiger partial charge in [-0.1, -0.05) is 13.3 Å². The standard InChI is InChI=1S/C14H21NO4S/c1-10-4-3-5-13(10)15-20(17,18)12-6-7-14(19-2)11(8-12)9-16/h6-8,10,13,15-16H,3-5,9H2,1-2H3. The van der Waals surface area contributed by atoms with Gasteiger partial charge in [0.15, 0.2) is 0 Å². The van der Waals surface area contributed by atoms with Gasteiger partial charge in [-0.15, -0.1) is 0 Å². The SMILES string of the molecule is COc1ccc(S(=O)(=O)NC2CCCC2C)cc1CO. The number of methoxy groups -OCH3 is 1. The van der Waals surface area contributed by atoms with Crippen LogP contribution in [0.1, 0.15) is 31.7 Å². The molecule has 1 fully saturated rings. The zero-order valence-electron chi connectivity index (χ0n) is 11.8. The van der Waals surface area contributed by atoms with Crippen LogP contribution in [0.3, 0.4) is 0 Å². The summed E-state index contributed by atoms with van der Waals surface area (Å²) in [7, 11) is -2.06. The molecular weight excluding hydrogens is 278 g/mol. The lowest BCUT2D eigenvalue weighted by molar-refractivity contribution is 0.273. The zero-order valence-corrected chi connectivity index (χ0v) is 12.6. The van der Waals surface area contributed by atoms with Gasteiger partial charge in [0.1, 0.15) is 5.75 Å². The number of hydrogen-bond acceptors (Lipinski definition) is 4. The van der Waals surface area contributed by atoms with Crippen molar-refractivity contribution in [1.29, 1.82) is 0 Å². The van der Waals surface area contributed by atoms with Crippen molar-refractivity contribution >= 4 is 10.0 Å². The van der Waals surface area contributed by atoms with Crippen LogP contribution in [0.2, 0.25) is 0 Å². The number of hydrogen-bond donors (Lipinski definition) is 2. The lowest BCUT2D eigenvalue weighted by atomic mass is 10.1. The van der Waals surface area contributed by atoms with E-state index in [1.807, 2.05) is 0 Å². The highest BCUT2D eigenvalue weighted by Crippen LogP contribution is 2.27. The molecule has 1 aromatic carbocycles. The van der Waals surface area contributed by atoms with Gasteiger partial charge in [0.25, 0.3) is 0 Å². The van der Waals surface area contributed by atoms with Crippen molar-refractivity contribution < 1.29 is 18.3 Å². The number of aliphatic hydroxyl groups excluding tert-OH is 1. The van der Waals surface area contributed by atoms with Gasteiger partial charge >= 0.3 is 0 Å². The summed E-state index contributed by atoms with van der Waals surface area (Å²) in [5.74, 6) is 0.848. The molecule has 0 heterocycles. The molecule has 1 aliphatic rings. The fourth-order valence-corrected chi connectivity index (χ4v) is 4.06. The van der Waals surface area contributed by atoms with Crippen molar-refractivity contribution in [2.45, 2.75) is 43.7 Å². The highest BCUT2D eigenvalue weighted by molar-refractivity contribution is 7.89. The quantitative estimate of drug-likeness (QED) is 0.867. The Morgan fingerprint density at radius 1 is 1.40 bits per heavy atom. The summed E-state index contributed by atoms with van der Waals surface area (Å²) in [6.45, 7) is 1.81. The second-order valence-corrected chi connectivity index (χ2v) is 6.98. The predicted molar refractivity (Wildman–Crippen MR) is 76.0 cm³/mol. The predicted octanol–water partition coefficient (Wildman–Crippen LogP) is 1.65. The van der Waals surface area contributed by atoms with Gasteiger partial charge in [-0.05, 0) is 37.0 Å². The third-order valence-electron chi connectivity index (χ3n) is 3.90. The number of benzene rings is 1. The first kappa shape index (κ1) is 15.3.